The highest BCUT2D eigenvalue weighted by Gasteiger charge is 2.09. The van der Waals surface area contributed by atoms with Gasteiger partial charge in [-0.3, -0.25) is 14.6 Å². The van der Waals surface area contributed by atoms with Crippen LogP contribution in [-0.4, -0.2) is 23.3 Å². The molecule has 0 saturated heterocycles. The van der Waals surface area contributed by atoms with Gasteiger partial charge in [-0.2, -0.15) is 0 Å². The molecule has 0 spiro atoms. The molecule has 6 heteroatoms. The van der Waals surface area contributed by atoms with E-state index in [4.69, 9.17) is 0 Å². The first-order valence-corrected chi connectivity index (χ1v) is 9.53. The summed E-state index contributed by atoms with van der Waals surface area (Å²) in [6, 6.07) is 20.9. The van der Waals surface area contributed by atoms with Crippen molar-refractivity contribution in [3.8, 4) is 0 Å². The van der Waals surface area contributed by atoms with Gasteiger partial charge in [-0.1, -0.05) is 30.3 Å². The first-order valence-electron chi connectivity index (χ1n) is 9.53. The lowest BCUT2D eigenvalue weighted by Gasteiger charge is -2.09. The van der Waals surface area contributed by atoms with Crippen LogP contribution in [0.2, 0.25) is 0 Å². The van der Waals surface area contributed by atoms with E-state index >= 15 is 0 Å². The molecule has 0 unspecified atom stereocenters. The van der Waals surface area contributed by atoms with E-state index in [0.717, 1.165) is 25.1 Å². The van der Waals surface area contributed by atoms with Gasteiger partial charge in [0.05, 0.1) is 0 Å². The molecular formula is C23H24N4O2. The Balaban J connectivity index is 1.51. The maximum Gasteiger partial charge on any atom is 0.274 e. The van der Waals surface area contributed by atoms with Crippen LogP contribution in [0.1, 0.15) is 29.4 Å². The summed E-state index contributed by atoms with van der Waals surface area (Å²) in [6.07, 6.45) is 3.61. The quantitative estimate of drug-likeness (QED) is 0.501. The second kappa shape index (κ2) is 10.0. The van der Waals surface area contributed by atoms with Crippen LogP contribution in [0.15, 0.2) is 72.9 Å². The van der Waals surface area contributed by atoms with Gasteiger partial charge in [0.1, 0.15) is 5.69 Å². The molecule has 0 fully saturated rings. The predicted octanol–water partition coefficient (Wildman–Crippen LogP) is 4.34. The Morgan fingerprint density at radius 1 is 0.862 bits per heavy atom. The van der Waals surface area contributed by atoms with Crippen LogP contribution in [0, 0.1) is 0 Å². The van der Waals surface area contributed by atoms with Gasteiger partial charge in [-0.15, -0.1) is 0 Å². The lowest BCUT2D eigenvalue weighted by molar-refractivity contribution is -0.114. The van der Waals surface area contributed by atoms with Crippen LogP contribution in [0.5, 0.6) is 0 Å². The summed E-state index contributed by atoms with van der Waals surface area (Å²) >= 11 is 0. The SMILES string of the molecule is CC(=O)Nc1ccc(NC(=O)c2cc(NCCCc3ccccc3)ccn2)cc1. The summed E-state index contributed by atoms with van der Waals surface area (Å²) in [7, 11) is 0. The van der Waals surface area contributed by atoms with Crippen LogP contribution < -0.4 is 16.0 Å². The van der Waals surface area contributed by atoms with E-state index in [1.165, 1.54) is 12.5 Å². The number of nitrogens with one attached hydrogen (secondary N) is 3. The standard InChI is InChI=1S/C23H24N4O2/c1-17(28)26-19-9-11-20(12-10-19)27-23(29)22-16-21(13-15-25-22)24-14-5-8-18-6-3-2-4-7-18/h2-4,6-7,9-13,15-16H,5,8,14H2,1H3,(H,24,25)(H,26,28)(H,27,29). The average molecular weight is 388 g/mol. The molecule has 29 heavy (non-hydrogen) atoms. The zero-order valence-electron chi connectivity index (χ0n) is 16.3. The van der Waals surface area contributed by atoms with Crippen molar-refractivity contribution in [2.45, 2.75) is 19.8 Å². The largest absolute Gasteiger partial charge is 0.385 e. The van der Waals surface area contributed by atoms with Gasteiger partial charge in [0.25, 0.3) is 5.91 Å². The monoisotopic (exact) mass is 388 g/mol. The summed E-state index contributed by atoms with van der Waals surface area (Å²) in [4.78, 5) is 27.7. The molecule has 0 atom stereocenters. The number of amides is 2. The molecule has 2 amide bonds. The third-order valence-corrected chi connectivity index (χ3v) is 4.27. The highest BCUT2D eigenvalue weighted by Crippen LogP contribution is 2.15. The molecule has 0 aliphatic rings. The van der Waals surface area contributed by atoms with Gasteiger partial charge in [-0.05, 0) is 54.8 Å². The number of nitrogens with zero attached hydrogens (tertiary/aromatic N) is 1. The van der Waals surface area contributed by atoms with Gasteiger partial charge in [0.15, 0.2) is 0 Å². The Morgan fingerprint density at radius 2 is 1.55 bits per heavy atom. The van der Waals surface area contributed by atoms with Gasteiger partial charge in [-0.25, -0.2) is 0 Å². The Kier molecular flexibility index (Phi) is 6.95. The molecule has 148 valence electrons. The third kappa shape index (κ3) is 6.46. The van der Waals surface area contributed by atoms with Crippen molar-refractivity contribution in [3.05, 3.63) is 84.2 Å². The third-order valence-electron chi connectivity index (χ3n) is 4.27. The predicted molar refractivity (Wildman–Crippen MR) is 116 cm³/mol. The zero-order chi connectivity index (χ0) is 20.5. The number of benzene rings is 2. The molecule has 1 heterocycles. The number of anilines is 3. The molecule has 6 nitrogen and oxygen atoms in total. The summed E-state index contributed by atoms with van der Waals surface area (Å²) in [5.41, 5.74) is 3.82. The number of carbonyl (C=O) groups excluding carboxylic acids is 2. The topological polar surface area (TPSA) is 83.1 Å². The minimum Gasteiger partial charge on any atom is -0.385 e. The van der Waals surface area contributed by atoms with Gasteiger partial charge < -0.3 is 16.0 Å². The summed E-state index contributed by atoms with van der Waals surface area (Å²) in [5, 5.41) is 8.84. The fourth-order valence-electron chi connectivity index (χ4n) is 2.87. The minimum atomic E-state index is -0.287. The molecule has 1 aromatic heterocycles. The number of pyridine rings is 1. The molecule has 3 aromatic rings. The molecule has 3 rings (SSSR count). The number of aromatic nitrogens is 1. The van der Waals surface area contributed by atoms with Crippen molar-refractivity contribution in [2.24, 2.45) is 0 Å². The number of aryl methyl sites for hydroxylation is 1. The van der Waals surface area contributed by atoms with Crippen molar-refractivity contribution in [2.75, 3.05) is 22.5 Å². The minimum absolute atomic E-state index is 0.140. The Labute approximate surface area is 170 Å². The van der Waals surface area contributed by atoms with Crippen LogP contribution in [0.3, 0.4) is 0 Å². The van der Waals surface area contributed by atoms with Crippen LogP contribution in [0.25, 0.3) is 0 Å². The van der Waals surface area contributed by atoms with E-state index in [2.05, 4.69) is 33.1 Å². The highest BCUT2D eigenvalue weighted by molar-refractivity contribution is 6.03. The summed E-state index contributed by atoms with van der Waals surface area (Å²) in [6.45, 7) is 2.26. The van der Waals surface area contributed by atoms with Crippen LogP contribution in [-0.2, 0) is 11.2 Å². The van der Waals surface area contributed by atoms with Crippen molar-refractivity contribution >= 4 is 28.9 Å². The number of hydrogen-bond donors (Lipinski definition) is 3. The van der Waals surface area contributed by atoms with Crippen LogP contribution >= 0.6 is 0 Å². The highest BCUT2D eigenvalue weighted by atomic mass is 16.2. The van der Waals surface area contributed by atoms with Crippen molar-refractivity contribution < 1.29 is 9.59 Å². The molecule has 2 aromatic carbocycles. The maximum absolute atomic E-state index is 12.5. The van der Waals surface area contributed by atoms with Crippen molar-refractivity contribution in [1.29, 1.82) is 0 Å². The Bertz CT molecular complexity index is 956. The molecule has 0 bridgehead atoms. The van der Waals surface area contributed by atoms with E-state index < -0.39 is 0 Å². The fraction of sp³-hybridized carbons (Fsp3) is 0.174. The number of rotatable bonds is 8. The first-order chi connectivity index (χ1) is 14.1. The van der Waals surface area contributed by atoms with Crippen LogP contribution in [0.4, 0.5) is 17.1 Å². The maximum atomic E-state index is 12.5. The summed E-state index contributed by atoms with van der Waals surface area (Å²) in [5.74, 6) is -0.427. The molecule has 0 aliphatic carbocycles. The van der Waals surface area contributed by atoms with E-state index in [9.17, 15) is 9.59 Å². The molecule has 0 aliphatic heterocycles. The second-order valence-electron chi connectivity index (χ2n) is 6.66. The van der Waals surface area contributed by atoms with Gasteiger partial charge in [0, 0.05) is 36.7 Å². The van der Waals surface area contributed by atoms with E-state index in [0.29, 0.717) is 17.1 Å². The lowest BCUT2D eigenvalue weighted by atomic mass is 10.1. The van der Waals surface area contributed by atoms with Gasteiger partial charge in [0.2, 0.25) is 5.91 Å². The second-order valence-corrected chi connectivity index (χ2v) is 6.66. The van der Waals surface area contributed by atoms with Crippen molar-refractivity contribution in [3.63, 3.8) is 0 Å². The molecule has 0 saturated carbocycles. The van der Waals surface area contributed by atoms with E-state index in [1.54, 1.807) is 36.5 Å². The number of carbonyl (C=O) groups is 2. The summed E-state index contributed by atoms with van der Waals surface area (Å²) < 4.78 is 0. The molecule has 0 radical (unpaired) electrons. The fourth-order valence-corrected chi connectivity index (χ4v) is 2.87. The lowest BCUT2D eigenvalue weighted by Crippen LogP contribution is -2.14. The average Bonchev–Trinajstić information content (AvgIpc) is 2.73. The molecule has 3 N–H and O–H groups in total. The van der Waals surface area contributed by atoms with Crippen molar-refractivity contribution in [1.82, 2.24) is 4.98 Å². The first kappa shape index (κ1) is 20.1. The molecular weight excluding hydrogens is 364 g/mol. The number of hydrogen-bond acceptors (Lipinski definition) is 4. The Morgan fingerprint density at radius 3 is 2.24 bits per heavy atom. The smallest absolute Gasteiger partial charge is 0.274 e. The Hall–Kier alpha value is -3.67. The van der Waals surface area contributed by atoms with Gasteiger partial charge >= 0.3 is 0 Å². The zero-order valence-corrected chi connectivity index (χ0v) is 16.3. The van der Waals surface area contributed by atoms with E-state index in [1.807, 2.05) is 24.3 Å². The normalized spacial score (nSPS) is 10.2. The van der Waals surface area contributed by atoms with E-state index in [-0.39, 0.29) is 11.8 Å².